The Morgan fingerprint density at radius 3 is 2.03 bits per heavy atom. The van der Waals surface area contributed by atoms with E-state index in [4.69, 9.17) is 6.42 Å². The third-order valence-electron chi connectivity index (χ3n) is 6.56. The Kier molecular flexibility index (Phi) is 6.44. The van der Waals surface area contributed by atoms with Crippen LogP contribution in [-0.4, -0.2) is 21.5 Å². The van der Waals surface area contributed by atoms with Crippen LogP contribution in [0, 0.1) is 18.3 Å². The van der Waals surface area contributed by atoms with Crippen molar-refractivity contribution >= 4 is 5.91 Å². The Balaban J connectivity index is 1.93. The van der Waals surface area contributed by atoms with E-state index in [1.165, 1.54) is 0 Å². The van der Waals surface area contributed by atoms with Crippen molar-refractivity contribution in [3.8, 4) is 12.3 Å². The van der Waals surface area contributed by atoms with E-state index in [1.54, 1.807) is 0 Å². The van der Waals surface area contributed by atoms with Crippen molar-refractivity contribution in [1.82, 2.24) is 4.90 Å². The minimum Gasteiger partial charge on any atom is -0.377 e. The van der Waals surface area contributed by atoms with Crippen LogP contribution in [0.2, 0.25) is 0 Å². The highest BCUT2D eigenvalue weighted by atomic mass is 16.3. The number of piperidine rings is 1. The van der Waals surface area contributed by atoms with Gasteiger partial charge >= 0.3 is 0 Å². The molecule has 4 rings (SSSR count). The first-order valence-electron chi connectivity index (χ1n) is 11.3. The van der Waals surface area contributed by atoms with E-state index in [0.29, 0.717) is 12.0 Å². The predicted molar refractivity (Wildman–Crippen MR) is 128 cm³/mol. The van der Waals surface area contributed by atoms with Crippen LogP contribution in [0.25, 0.3) is 0 Å². The molecule has 32 heavy (non-hydrogen) atoms. The maximum absolute atomic E-state index is 14.0. The molecule has 0 spiro atoms. The molecule has 3 aromatic rings. The molecular formula is C29H29NO2. The summed E-state index contributed by atoms with van der Waals surface area (Å²) in [5.74, 6) is 2.41. The molecule has 0 bridgehead atoms. The fourth-order valence-corrected chi connectivity index (χ4v) is 5.06. The van der Waals surface area contributed by atoms with Gasteiger partial charge in [-0.1, -0.05) is 98.1 Å². The molecule has 1 amide bonds. The molecule has 1 aliphatic rings. The first kappa shape index (κ1) is 21.9. The van der Waals surface area contributed by atoms with Gasteiger partial charge in [0.1, 0.15) is 5.60 Å². The molecule has 0 aliphatic carbocycles. The van der Waals surface area contributed by atoms with Crippen LogP contribution in [0.3, 0.4) is 0 Å². The Morgan fingerprint density at radius 2 is 1.50 bits per heavy atom. The summed E-state index contributed by atoms with van der Waals surface area (Å²) in [7, 11) is 0. The molecule has 1 aliphatic heterocycles. The fourth-order valence-electron chi connectivity index (χ4n) is 5.06. The Hall–Kier alpha value is -3.35. The van der Waals surface area contributed by atoms with Crippen LogP contribution in [0.5, 0.6) is 0 Å². The number of carbonyl (C=O) groups is 1. The van der Waals surface area contributed by atoms with Crippen molar-refractivity contribution < 1.29 is 9.90 Å². The zero-order valence-corrected chi connectivity index (χ0v) is 18.4. The highest BCUT2D eigenvalue weighted by molar-refractivity contribution is 5.95. The van der Waals surface area contributed by atoms with Gasteiger partial charge in [-0.25, -0.2) is 0 Å². The number of amides is 1. The number of terminal acetylenes is 1. The van der Waals surface area contributed by atoms with E-state index < -0.39 is 5.60 Å². The van der Waals surface area contributed by atoms with E-state index in [0.717, 1.165) is 24.0 Å². The van der Waals surface area contributed by atoms with Crippen LogP contribution >= 0.6 is 0 Å². The molecular weight excluding hydrogens is 394 g/mol. The molecule has 3 aromatic carbocycles. The van der Waals surface area contributed by atoms with Crippen molar-refractivity contribution in [3.05, 3.63) is 108 Å². The molecule has 0 aromatic heterocycles. The van der Waals surface area contributed by atoms with Gasteiger partial charge in [0.15, 0.2) is 0 Å². The van der Waals surface area contributed by atoms with E-state index in [2.05, 4.69) is 12.8 Å². The SMILES string of the molecule is C#CC1(O)CC(c2ccccc2)N(C(=O)c2ccccc2)C(c2ccccc2)C1CCC. The molecule has 1 N–H and O–H groups in total. The van der Waals surface area contributed by atoms with Crippen LogP contribution in [0.15, 0.2) is 91.0 Å². The van der Waals surface area contributed by atoms with Crippen molar-refractivity contribution in [2.75, 3.05) is 0 Å². The Morgan fingerprint density at radius 1 is 0.969 bits per heavy atom. The van der Waals surface area contributed by atoms with Gasteiger partial charge in [-0.05, 0) is 29.7 Å². The summed E-state index contributed by atoms with van der Waals surface area (Å²) in [4.78, 5) is 16.0. The maximum atomic E-state index is 14.0. The van der Waals surface area contributed by atoms with Gasteiger partial charge in [0, 0.05) is 17.9 Å². The number of nitrogens with zero attached hydrogens (tertiary/aromatic N) is 1. The molecule has 0 saturated carbocycles. The Labute approximate surface area is 190 Å². The smallest absolute Gasteiger partial charge is 0.254 e. The topological polar surface area (TPSA) is 40.5 Å². The number of rotatable bonds is 5. The minimum absolute atomic E-state index is 0.0477. The summed E-state index contributed by atoms with van der Waals surface area (Å²) in [6, 6.07) is 28.6. The van der Waals surface area contributed by atoms with Gasteiger partial charge in [-0.2, -0.15) is 0 Å². The largest absolute Gasteiger partial charge is 0.377 e. The molecule has 162 valence electrons. The molecule has 3 nitrogen and oxygen atoms in total. The lowest BCUT2D eigenvalue weighted by molar-refractivity contribution is -0.0823. The van der Waals surface area contributed by atoms with Gasteiger partial charge < -0.3 is 10.0 Å². The van der Waals surface area contributed by atoms with Crippen LogP contribution < -0.4 is 0 Å². The molecule has 3 heteroatoms. The lowest BCUT2D eigenvalue weighted by Gasteiger charge is -2.52. The standard InChI is InChI=1S/C29H29NO2/c1-3-14-25-27(23-17-10-6-11-18-23)30(28(31)24-19-12-7-13-20-24)26(21-29(25,32)4-2)22-15-8-5-9-16-22/h2,5-13,15-20,25-27,32H,3,14,21H2,1H3. The summed E-state index contributed by atoms with van der Waals surface area (Å²) >= 11 is 0. The van der Waals surface area contributed by atoms with Crippen molar-refractivity contribution in [3.63, 3.8) is 0 Å². The molecule has 4 atom stereocenters. The number of likely N-dealkylation sites (tertiary alicyclic amines) is 1. The third kappa shape index (κ3) is 4.07. The zero-order valence-electron chi connectivity index (χ0n) is 18.4. The molecule has 0 radical (unpaired) electrons. The normalized spacial score (nSPS) is 25.2. The first-order valence-corrected chi connectivity index (χ1v) is 11.3. The maximum Gasteiger partial charge on any atom is 0.254 e. The zero-order chi connectivity index (χ0) is 22.6. The number of carbonyl (C=O) groups excluding carboxylic acids is 1. The highest BCUT2D eigenvalue weighted by Crippen LogP contribution is 2.51. The quantitative estimate of drug-likeness (QED) is 0.527. The van der Waals surface area contributed by atoms with Gasteiger partial charge in [0.05, 0.1) is 12.1 Å². The van der Waals surface area contributed by atoms with Gasteiger partial charge in [0.25, 0.3) is 5.91 Å². The van der Waals surface area contributed by atoms with Gasteiger partial charge in [0.2, 0.25) is 0 Å². The van der Waals surface area contributed by atoms with E-state index >= 15 is 0 Å². The predicted octanol–water partition coefficient (Wildman–Crippen LogP) is 5.80. The van der Waals surface area contributed by atoms with Crippen LogP contribution in [0.4, 0.5) is 0 Å². The molecule has 1 fully saturated rings. The summed E-state index contributed by atoms with van der Waals surface area (Å²) < 4.78 is 0. The number of hydrogen-bond donors (Lipinski definition) is 1. The summed E-state index contributed by atoms with van der Waals surface area (Å²) in [6.45, 7) is 2.09. The number of hydrogen-bond acceptors (Lipinski definition) is 2. The van der Waals surface area contributed by atoms with Gasteiger partial charge in [-0.15, -0.1) is 6.42 Å². The van der Waals surface area contributed by atoms with Crippen molar-refractivity contribution in [2.24, 2.45) is 5.92 Å². The van der Waals surface area contributed by atoms with E-state index in [-0.39, 0.29) is 23.9 Å². The molecule has 1 heterocycles. The second kappa shape index (κ2) is 9.42. The van der Waals surface area contributed by atoms with Crippen LogP contribution in [0.1, 0.15) is 59.8 Å². The van der Waals surface area contributed by atoms with E-state index in [9.17, 15) is 9.90 Å². The summed E-state index contributed by atoms with van der Waals surface area (Å²) in [6.07, 6.45) is 7.86. The number of aliphatic hydroxyl groups is 1. The Bertz CT molecular complexity index is 1070. The summed E-state index contributed by atoms with van der Waals surface area (Å²) in [5.41, 5.74) is 1.28. The fraction of sp³-hybridized carbons (Fsp3) is 0.276. The number of benzene rings is 3. The lowest BCUT2D eigenvalue weighted by atomic mass is 9.68. The highest BCUT2D eigenvalue weighted by Gasteiger charge is 2.52. The first-order chi connectivity index (χ1) is 15.6. The lowest BCUT2D eigenvalue weighted by Crippen LogP contribution is -2.55. The van der Waals surface area contributed by atoms with Gasteiger partial charge in [-0.3, -0.25) is 4.79 Å². The van der Waals surface area contributed by atoms with Crippen LogP contribution in [-0.2, 0) is 0 Å². The molecule has 4 unspecified atom stereocenters. The third-order valence-corrected chi connectivity index (χ3v) is 6.56. The second-order valence-corrected chi connectivity index (χ2v) is 8.53. The summed E-state index contributed by atoms with van der Waals surface area (Å²) in [5, 5.41) is 11.7. The van der Waals surface area contributed by atoms with E-state index in [1.807, 2.05) is 95.9 Å². The molecule has 1 saturated heterocycles. The average Bonchev–Trinajstić information content (AvgIpc) is 2.86. The van der Waals surface area contributed by atoms with Crippen molar-refractivity contribution in [2.45, 2.75) is 43.9 Å². The average molecular weight is 424 g/mol. The minimum atomic E-state index is -1.31. The monoisotopic (exact) mass is 423 g/mol. The second-order valence-electron chi connectivity index (χ2n) is 8.53. The van der Waals surface area contributed by atoms with Crippen molar-refractivity contribution in [1.29, 1.82) is 0 Å².